The third-order valence-corrected chi connectivity index (χ3v) is 4.25. The molecule has 2 amide bonds. The van der Waals surface area contributed by atoms with Crippen LogP contribution in [-0.2, 0) is 16.6 Å². The summed E-state index contributed by atoms with van der Waals surface area (Å²) >= 11 is 0. The van der Waals surface area contributed by atoms with Crippen LogP contribution in [0.5, 0.6) is 0 Å². The van der Waals surface area contributed by atoms with E-state index in [-0.39, 0.29) is 11.8 Å². The predicted molar refractivity (Wildman–Crippen MR) is 101 cm³/mol. The van der Waals surface area contributed by atoms with Crippen molar-refractivity contribution in [2.24, 2.45) is 0 Å². The molecule has 0 aliphatic carbocycles. The number of sulfonamides is 1. The number of nitrogens with zero attached hydrogens (tertiary/aromatic N) is 1. The molecule has 7 nitrogen and oxygen atoms in total. The number of nitrogens with one attached hydrogen (secondary N) is 2. The molecule has 0 aliphatic heterocycles. The maximum atomic E-state index is 12.5. The number of carbonyl (C=O) groups is 2. The predicted octanol–water partition coefficient (Wildman–Crippen LogP) is 1.69. The number of amides is 2. The van der Waals surface area contributed by atoms with Gasteiger partial charge in [0.25, 0.3) is 11.8 Å². The van der Waals surface area contributed by atoms with Crippen molar-refractivity contribution >= 4 is 27.5 Å². The molecule has 0 aliphatic rings. The molecule has 0 radical (unpaired) electrons. The van der Waals surface area contributed by atoms with E-state index in [4.69, 9.17) is 0 Å². The fourth-order valence-electron chi connectivity index (χ4n) is 2.37. The average molecular weight is 375 g/mol. The molecule has 2 aromatic carbocycles. The Morgan fingerprint density at radius 2 is 1.50 bits per heavy atom. The van der Waals surface area contributed by atoms with Crippen LogP contribution in [0.4, 0.5) is 5.69 Å². The number of hydrogen-bond acceptors (Lipinski definition) is 4. The molecule has 0 saturated carbocycles. The molecule has 8 heteroatoms. The maximum Gasteiger partial charge on any atom is 0.253 e. The van der Waals surface area contributed by atoms with E-state index in [0.717, 1.165) is 11.8 Å². The Kier molecular flexibility index (Phi) is 5.99. The number of benzene rings is 2. The van der Waals surface area contributed by atoms with Gasteiger partial charge in [0.05, 0.1) is 6.26 Å². The summed E-state index contributed by atoms with van der Waals surface area (Å²) in [5.74, 6) is -0.352. The number of anilines is 1. The summed E-state index contributed by atoms with van der Waals surface area (Å²) in [5, 5.41) is 2.55. The van der Waals surface area contributed by atoms with Crippen LogP contribution in [0.25, 0.3) is 0 Å². The van der Waals surface area contributed by atoms with Crippen LogP contribution >= 0.6 is 0 Å². The molecule has 138 valence electrons. The summed E-state index contributed by atoms with van der Waals surface area (Å²) < 4.78 is 24.8. The molecule has 0 aromatic heterocycles. The minimum absolute atomic E-state index is 0.163. The fourth-order valence-corrected chi connectivity index (χ4v) is 2.93. The second kappa shape index (κ2) is 8.01. The van der Waals surface area contributed by atoms with Crippen LogP contribution in [0, 0.1) is 0 Å². The molecule has 0 bridgehead atoms. The molecular formula is C18H21N3O4S. The Hall–Kier alpha value is -2.87. The van der Waals surface area contributed by atoms with Gasteiger partial charge < -0.3 is 10.2 Å². The fraction of sp³-hybridized carbons (Fsp3) is 0.222. The number of carbonyl (C=O) groups excluding carboxylic acids is 2. The Morgan fingerprint density at radius 1 is 0.962 bits per heavy atom. The zero-order chi connectivity index (χ0) is 19.3. The highest BCUT2D eigenvalue weighted by Crippen LogP contribution is 2.14. The van der Waals surface area contributed by atoms with Crippen molar-refractivity contribution in [1.82, 2.24) is 10.2 Å². The van der Waals surface area contributed by atoms with Crippen molar-refractivity contribution in [2.75, 3.05) is 25.1 Å². The van der Waals surface area contributed by atoms with E-state index >= 15 is 0 Å². The smallest absolute Gasteiger partial charge is 0.253 e. The largest absolute Gasteiger partial charge is 0.355 e. The van der Waals surface area contributed by atoms with Gasteiger partial charge in [-0.3, -0.25) is 14.3 Å². The first kappa shape index (κ1) is 19.5. The highest BCUT2D eigenvalue weighted by molar-refractivity contribution is 7.92. The summed E-state index contributed by atoms with van der Waals surface area (Å²) in [6, 6.07) is 13.2. The second-order valence-electron chi connectivity index (χ2n) is 5.89. The minimum Gasteiger partial charge on any atom is -0.355 e. The Bertz CT molecular complexity index is 891. The van der Waals surface area contributed by atoms with Gasteiger partial charge in [-0.1, -0.05) is 12.1 Å². The summed E-state index contributed by atoms with van der Waals surface area (Å²) in [5.41, 5.74) is 2.30. The SMILES string of the molecule is CNC(=O)c1ccc(CN(C)C(=O)c2ccc(NS(C)(=O)=O)cc2)cc1. The van der Waals surface area contributed by atoms with Crippen LogP contribution < -0.4 is 10.0 Å². The van der Waals surface area contributed by atoms with Crippen LogP contribution in [0.15, 0.2) is 48.5 Å². The number of hydrogen-bond donors (Lipinski definition) is 2. The summed E-state index contributed by atoms with van der Waals surface area (Å²) in [4.78, 5) is 25.6. The van der Waals surface area contributed by atoms with Gasteiger partial charge in [-0.2, -0.15) is 0 Å². The summed E-state index contributed by atoms with van der Waals surface area (Å²) in [6.07, 6.45) is 1.06. The van der Waals surface area contributed by atoms with E-state index in [1.54, 1.807) is 67.5 Å². The topological polar surface area (TPSA) is 95.6 Å². The highest BCUT2D eigenvalue weighted by atomic mass is 32.2. The molecule has 0 atom stereocenters. The minimum atomic E-state index is -3.35. The molecule has 0 unspecified atom stereocenters. The van der Waals surface area contributed by atoms with Crippen molar-refractivity contribution < 1.29 is 18.0 Å². The normalized spacial score (nSPS) is 10.9. The van der Waals surface area contributed by atoms with Crippen molar-refractivity contribution in [3.63, 3.8) is 0 Å². The van der Waals surface area contributed by atoms with Crippen LogP contribution in [0.3, 0.4) is 0 Å². The van der Waals surface area contributed by atoms with Crippen molar-refractivity contribution in [3.05, 3.63) is 65.2 Å². The van der Waals surface area contributed by atoms with E-state index in [1.165, 1.54) is 0 Å². The lowest BCUT2D eigenvalue weighted by atomic mass is 10.1. The molecule has 0 fully saturated rings. The summed E-state index contributed by atoms with van der Waals surface area (Å²) in [7, 11) is -0.106. The lowest BCUT2D eigenvalue weighted by Crippen LogP contribution is -2.26. The molecular weight excluding hydrogens is 354 g/mol. The van der Waals surface area contributed by atoms with E-state index < -0.39 is 10.0 Å². The zero-order valence-corrected chi connectivity index (χ0v) is 15.6. The molecule has 2 rings (SSSR count). The molecule has 0 saturated heterocycles. The van der Waals surface area contributed by atoms with Gasteiger partial charge in [0, 0.05) is 37.5 Å². The van der Waals surface area contributed by atoms with E-state index in [1.807, 2.05) is 0 Å². The van der Waals surface area contributed by atoms with E-state index in [9.17, 15) is 18.0 Å². The van der Waals surface area contributed by atoms with E-state index in [0.29, 0.717) is 23.4 Å². The molecule has 0 spiro atoms. The third kappa shape index (κ3) is 5.32. The molecule has 0 heterocycles. The number of rotatable bonds is 6. The first-order valence-corrected chi connectivity index (χ1v) is 9.73. The monoisotopic (exact) mass is 375 g/mol. The van der Waals surface area contributed by atoms with Gasteiger partial charge in [0.2, 0.25) is 10.0 Å². The van der Waals surface area contributed by atoms with Crippen molar-refractivity contribution in [2.45, 2.75) is 6.54 Å². The van der Waals surface area contributed by atoms with Gasteiger partial charge in [-0.25, -0.2) is 8.42 Å². The average Bonchev–Trinajstić information content (AvgIpc) is 2.60. The zero-order valence-electron chi connectivity index (χ0n) is 14.8. The van der Waals surface area contributed by atoms with Crippen LogP contribution in [-0.4, -0.2) is 45.5 Å². The summed E-state index contributed by atoms with van der Waals surface area (Å²) in [6.45, 7) is 0.385. The first-order valence-electron chi connectivity index (χ1n) is 7.84. The van der Waals surface area contributed by atoms with Gasteiger partial charge >= 0.3 is 0 Å². The Balaban J connectivity index is 2.04. The van der Waals surface area contributed by atoms with Crippen molar-refractivity contribution in [1.29, 1.82) is 0 Å². The van der Waals surface area contributed by atoms with Crippen molar-refractivity contribution in [3.8, 4) is 0 Å². The Labute approximate surface area is 153 Å². The second-order valence-corrected chi connectivity index (χ2v) is 7.64. The van der Waals surface area contributed by atoms with Gasteiger partial charge in [-0.05, 0) is 42.0 Å². The molecule has 2 aromatic rings. The maximum absolute atomic E-state index is 12.5. The van der Waals surface area contributed by atoms with Gasteiger partial charge in [-0.15, -0.1) is 0 Å². The molecule has 2 N–H and O–H groups in total. The third-order valence-electron chi connectivity index (χ3n) is 3.64. The quantitative estimate of drug-likeness (QED) is 0.803. The lowest BCUT2D eigenvalue weighted by Gasteiger charge is -2.18. The van der Waals surface area contributed by atoms with Crippen LogP contribution in [0.2, 0.25) is 0 Å². The van der Waals surface area contributed by atoms with Gasteiger partial charge in [0.15, 0.2) is 0 Å². The molecule has 26 heavy (non-hydrogen) atoms. The lowest BCUT2D eigenvalue weighted by molar-refractivity contribution is 0.0784. The first-order chi connectivity index (χ1) is 12.2. The van der Waals surface area contributed by atoms with Crippen LogP contribution in [0.1, 0.15) is 26.3 Å². The Morgan fingerprint density at radius 3 is 2.00 bits per heavy atom. The standard InChI is InChI=1S/C18H21N3O4S/c1-19-17(22)14-6-4-13(5-7-14)12-21(2)18(23)15-8-10-16(11-9-15)20-26(3,24)25/h4-11,20H,12H2,1-3H3,(H,19,22). The van der Waals surface area contributed by atoms with E-state index in [2.05, 4.69) is 10.0 Å². The highest BCUT2D eigenvalue weighted by Gasteiger charge is 2.13. The van der Waals surface area contributed by atoms with Gasteiger partial charge in [0.1, 0.15) is 0 Å².